The lowest BCUT2D eigenvalue weighted by molar-refractivity contribution is 0.624. The van der Waals surface area contributed by atoms with Gasteiger partial charge in [0.25, 0.3) is 0 Å². The maximum Gasteiger partial charge on any atom is 0.348 e. The third-order valence-corrected chi connectivity index (χ3v) is 2.04. The number of aromatic nitrogens is 3. The second kappa shape index (κ2) is 3.62. The van der Waals surface area contributed by atoms with Crippen LogP contribution in [-0.4, -0.2) is 14.8 Å². The third-order valence-electron chi connectivity index (χ3n) is 2.04. The molecule has 2 aromatic rings. The summed E-state index contributed by atoms with van der Waals surface area (Å²) < 4.78 is 14.0. The Morgan fingerprint density at radius 1 is 1.56 bits per heavy atom. The highest BCUT2D eigenvalue weighted by Gasteiger charge is 2.10. The van der Waals surface area contributed by atoms with Crippen LogP contribution in [0.4, 0.5) is 4.39 Å². The molecule has 1 aromatic heterocycles. The summed E-state index contributed by atoms with van der Waals surface area (Å²) in [6.07, 6.45) is 0. The van der Waals surface area contributed by atoms with Gasteiger partial charge >= 0.3 is 5.69 Å². The summed E-state index contributed by atoms with van der Waals surface area (Å²) in [6, 6.07) is 5.44. The van der Waals surface area contributed by atoms with Gasteiger partial charge in [0.2, 0.25) is 0 Å². The maximum atomic E-state index is 13.0. The number of rotatable bonds is 1. The van der Waals surface area contributed by atoms with E-state index in [9.17, 15) is 9.18 Å². The number of aryl methyl sites for hydroxylation is 1. The Hall–Kier alpha value is -2.42. The summed E-state index contributed by atoms with van der Waals surface area (Å²) in [5.74, 6) is -0.125. The first-order chi connectivity index (χ1) is 7.61. The second-order valence-corrected chi connectivity index (χ2v) is 3.20. The molecular formula is C10H7FN4O. The first kappa shape index (κ1) is 10.1. The molecule has 0 aliphatic rings. The Morgan fingerprint density at radius 3 is 2.88 bits per heavy atom. The molecule has 5 nitrogen and oxygen atoms in total. The molecule has 80 valence electrons. The smallest absolute Gasteiger partial charge is 0.293 e. The lowest BCUT2D eigenvalue weighted by Gasteiger charge is -2.01. The van der Waals surface area contributed by atoms with E-state index in [0.29, 0.717) is 5.82 Å². The van der Waals surface area contributed by atoms with Gasteiger partial charge in [-0.25, -0.2) is 9.18 Å². The molecule has 2 rings (SSSR count). The maximum absolute atomic E-state index is 13.0. The van der Waals surface area contributed by atoms with Crippen molar-refractivity contribution < 1.29 is 4.39 Å². The molecule has 0 aliphatic heterocycles. The zero-order valence-corrected chi connectivity index (χ0v) is 8.36. The fourth-order valence-corrected chi connectivity index (χ4v) is 1.37. The average Bonchev–Trinajstić information content (AvgIpc) is 2.57. The number of nitriles is 1. The fourth-order valence-electron chi connectivity index (χ4n) is 1.37. The average molecular weight is 218 g/mol. The van der Waals surface area contributed by atoms with E-state index in [1.807, 2.05) is 6.07 Å². The van der Waals surface area contributed by atoms with E-state index in [1.54, 1.807) is 6.92 Å². The molecule has 0 spiro atoms. The van der Waals surface area contributed by atoms with Crippen molar-refractivity contribution in [2.24, 2.45) is 0 Å². The molecule has 0 radical (unpaired) electrons. The van der Waals surface area contributed by atoms with Gasteiger partial charge in [-0.2, -0.15) is 15.0 Å². The number of halogens is 1. The van der Waals surface area contributed by atoms with E-state index in [-0.39, 0.29) is 11.3 Å². The Labute approximate surface area is 89.8 Å². The van der Waals surface area contributed by atoms with Crippen LogP contribution in [-0.2, 0) is 0 Å². The highest BCUT2D eigenvalue weighted by molar-refractivity contribution is 5.48. The molecule has 0 amide bonds. The van der Waals surface area contributed by atoms with E-state index in [0.717, 1.165) is 16.8 Å². The van der Waals surface area contributed by atoms with Crippen LogP contribution in [0.1, 0.15) is 11.4 Å². The van der Waals surface area contributed by atoms with Crippen molar-refractivity contribution in [1.29, 1.82) is 5.26 Å². The molecule has 0 atom stereocenters. The lowest BCUT2D eigenvalue weighted by atomic mass is 10.2. The molecule has 1 N–H and O–H groups in total. The minimum atomic E-state index is -0.526. The van der Waals surface area contributed by atoms with E-state index < -0.39 is 11.5 Å². The molecule has 1 heterocycles. The van der Waals surface area contributed by atoms with Gasteiger partial charge in [0, 0.05) is 6.07 Å². The Kier molecular flexibility index (Phi) is 2.29. The van der Waals surface area contributed by atoms with Crippen molar-refractivity contribution >= 4 is 0 Å². The van der Waals surface area contributed by atoms with Crippen LogP contribution >= 0.6 is 0 Å². The SMILES string of the molecule is Cc1nn(-c2cc(F)ccc2C#N)c(=O)[nH]1. The second-order valence-electron chi connectivity index (χ2n) is 3.20. The number of hydrogen-bond acceptors (Lipinski definition) is 3. The Bertz CT molecular complexity index is 635. The van der Waals surface area contributed by atoms with Gasteiger partial charge in [-0.15, -0.1) is 0 Å². The van der Waals surface area contributed by atoms with Crippen LogP contribution in [0.15, 0.2) is 23.0 Å². The first-order valence-corrected chi connectivity index (χ1v) is 4.48. The molecule has 1 aromatic carbocycles. The van der Waals surface area contributed by atoms with Crippen LogP contribution in [0.25, 0.3) is 5.69 Å². The molecule has 0 fully saturated rings. The summed E-state index contributed by atoms with van der Waals surface area (Å²) in [5, 5.41) is 12.7. The number of nitrogens with zero attached hydrogens (tertiary/aromatic N) is 3. The molecule has 0 aliphatic carbocycles. The van der Waals surface area contributed by atoms with Gasteiger partial charge < -0.3 is 0 Å². The monoisotopic (exact) mass is 218 g/mol. The van der Waals surface area contributed by atoms with E-state index >= 15 is 0 Å². The highest BCUT2D eigenvalue weighted by atomic mass is 19.1. The standard InChI is InChI=1S/C10H7FN4O/c1-6-13-10(16)15(14-6)9-4-8(11)3-2-7(9)5-12/h2-4H,1H3,(H,13,14,16). The Balaban J connectivity index is 2.73. The molecule has 0 unspecified atom stereocenters. The molecule has 6 heteroatoms. The van der Waals surface area contributed by atoms with Crippen molar-refractivity contribution in [1.82, 2.24) is 14.8 Å². The van der Waals surface area contributed by atoms with Crippen LogP contribution in [0.5, 0.6) is 0 Å². The summed E-state index contributed by atoms with van der Waals surface area (Å²) in [4.78, 5) is 13.9. The zero-order valence-electron chi connectivity index (χ0n) is 8.36. The molecular weight excluding hydrogens is 211 g/mol. The molecule has 0 saturated heterocycles. The van der Waals surface area contributed by atoms with Gasteiger partial charge in [-0.3, -0.25) is 4.98 Å². The predicted molar refractivity (Wildman–Crippen MR) is 53.6 cm³/mol. The Morgan fingerprint density at radius 2 is 2.31 bits per heavy atom. The van der Waals surface area contributed by atoms with Crippen LogP contribution in [0.2, 0.25) is 0 Å². The largest absolute Gasteiger partial charge is 0.348 e. The van der Waals surface area contributed by atoms with Gasteiger partial charge in [-0.1, -0.05) is 0 Å². The van der Waals surface area contributed by atoms with Gasteiger partial charge in [0.15, 0.2) is 0 Å². The highest BCUT2D eigenvalue weighted by Crippen LogP contribution is 2.12. The normalized spacial score (nSPS) is 10.1. The van der Waals surface area contributed by atoms with Crippen molar-refractivity contribution in [3.63, 3.8) is 0 Å². The minimum Gasteiger partial charge on any atom is -0.293 e. The molecule has 0 bridgehead atoms. The quantitative estimate of drug-likeness (QED) is 0.772. The predicted octanol–water partition coefficient (Wildman–Crippen LogP) is 0.880. The van der Waals surface area contributed by atoms with Crippen LogP contribution in [0.3, 0.4) is 0 Å². The van der Waals surface area contributed by atoms with Crippen molar-refractivity contribution in [2.45, 2.75) is 6.92 Å². The van der Waals surface area contributed by atoms with Crippen molar-refractivity contribution in [3.8, 4) is 11.8 Å². The number of hydrogen-bond donors (Lipinski definition) is 1. The number of H-pyrrole nitrogens is 1. The van der Waals surface area contributed by atoms with Gasteiger partial charge in [0.1, 0.15) is 17.7 Å². The van der Waals surface area contributed by atoms with Crippen LogP contribution in [0, 0.1) is 24.1 Å². The summed E-state index contributed by atoms with van der Waals surface area (Å²) in [6.45, 7) is 1.60. The zero-order chi connectivity index (χ0) is 11.7. The van der Waals surface area contributed by atoms with E-state index in [2.05, 4.69) is 10.1 Å². The van der Waals surface area contributed by atoms with Crippen LogP contribution < -0.4 is 5.69 Å². The molecule has 0 saturated carbocycles. The number of aromatic amines is 1. The number of benzene rings is 1. The minimum absolute atomic E-state index is 0.136. The summed E-state index contributed by atoms with van der Waals surface area (Å²) in [7, 11) is 0. The van der Waals surface area contributed by atoms with Crippen molar-refractivity contribution in [2.75, 3.05) is 0 Å². The fraction of sp³-hybridized carbons (Fsp3) is 0.100. The molecule has 16 heavy (non-hydrogen) atoms. The topological polar surface area (TPSA) is 74.5 Å². The van der Waals surface area contributed by atoms with E-state index in [1.165, 1.54) is 6.07 Å². The number of nitrogens with one attached hydrogen (secondary N) is 1. The summed E-state index contributed by atoms with van der Waals surface area (Å²) >= 11 is 0. The third kappa shape index (κ3) is 1.59. The van der Waals surface area contributed by atoms with E-state index in [4.69, 9.17) is 5.26 Å². The van der Waals surface area contributed by atoms with Crippen molar-refractivity contribution in [3.05, 3.63) is 45.9 Å². The van der Waals surface area contributed by atoms with Gasteiger partial charge in [-0.05, 0) is 19.1 Å². The van der Waals surface area contributed by atoms with Gasteiger partial charge in [0.05, 0.1) is 11.3 Å². The lowest BCUT2D eigenvalue weighted by Crippen LogP contribution is -2.17. The first-order valence-electron chi connectivity index (χ1n) is 4.48. The summed E-state index contributed by atoms with van der Waals surface area (Å²) in [5.41, 5.74) is -0.175.